The van der Waals surface area contributed by atoms with Crippen LogP contribution in [0.25, 0.3) is 5.65 Å². The fourth-order valence-corrected chi connectivity index (χ4v) is 2.83. The van der Waals surface area contributed by atoms with Crippen molar-refractivity contribution in [3.63, 3.8) is 0 Å². The average molecular weight is 330 g/mol. The third-order valence-corrected chi connectivity index (χ3v) is 4.55. The maximum Gasteiger partial charge on any atom is 0.330 e. The van der Waals surface area contributed by atoms with Gasteiger partial charge in [-0.2, -0.15) is 0 Å². The third kappa shape index (κ3) is 3.60. The third-order valence-electron chi connectivity index (χ3n) is 4.55. The zero-order chi connectivity index (χ0) is 17.3. The van der Waals surface area contributed by atoms with Crippen molar-refractivity contribution in [2.75, 3.05) is 26.2 Å². The summed E-state index contributed by atoms with van der Waals surface area (Å²) in [6.45, 7) is 11.1. The quantitative estimate of drug-likeness (QED) is 0.865. The van der Waals surface area contributed by atoms with Gasteiger partial charge in [-0.15, -0.1) is 5.06 Å². The van der Waals surface area contributed by atoms with Crippen LogP contribution in [0.15, 0.2) is 30.7 Å². The number of fused-ring (bicyclic) bond motifs is 1. The molecule has 0 amide bonds. The van der Waals surface area contributed by atoms with Gasteiger partial charge in [0, 0.05) is 50.8 Å². The maximum absolute atomic E-state index is 12.0. The van der Waals surface area contributed by atoms with Gasteiger partial charge in [0.05, 0.1) is 5.41 Å². The molecule has 2 aromatic rings. The van der Waals surface area contributed by atoms with Gasteiger partial charge in [0.25, 0.3) is 0 Å². The van der Waals surface area contributed by atoms with Crippen LogP contribution < -0.4 is 0 Å². The highest BCUT2D eigenvalue weighted by molar-refractivity contribution is 5.75. The van der Waals surface area contributed by atoms with Crippen LogP contribution in [-0.2, 0) is 9.63 Å². The minimum absolute atomic E-state index is 0.172. The number of carbonyl (C=O) groups is 1. The van der Waals surface area contributed by atoms with Gasteiger partial charge in [-0.3, -0.25) is 4.90 Å². The second kappa shape index (κ2) is 6.53. The Morgan fingerprint density at radius 2 is 1.92 bits per heavy atom. The van der Waals surface area contributed by atoms with Crippen LogP contribution in [0.1, 0.15) is 39.3 Å². The molecule has 1 atom stereocenters. The van der Waals surface area contributed by atoms with E-state index in [0.717, 1.165) is 31.8 Å². The molecule has 1 unspecified atom stereocenters. The van der Waals surface area contributed by atoms with Crippen LogP contribution >= 0.6 is 0 Å². The van der Waals surface area contributed by atoms with E-state index in [9.17, 15) is 4.79 Å². The summed E-state index contributed by atoms with van der Waals surface area (Å²) < 4.78 is 2.01. The van der Waals surface area contributed by atoms with E-state index < -0.39 is 5.41 Å². The number of piperazine rings is 1. The Bertz CT molecular complexity index is 711. The Balaban J connectivity index is 1.58. The molecule has 6 nitrogen and oxygen atoms in total. The first-order valence-electron chi connectivity index (χ1n) is 8.48. The fraction of sp³-hybridized carbons (Fsp3) is 0.556. The molecule has 0 aromatic carbocycles. The molecule has 0 saturated carbocycles. The Morgan fingerprint density at radius 1 is 1.21 bits per heavy atom. The van der Waals surface area contributed by atoms with Crippen molar-refractivity contribution in [1.82, 2.24) is 19.3 Å². The summed E-state index contributed by atoms with van der Waals surface area (Å²) in [5.74, 6) is -0.172. The Morgan fingerprint density at radius 3 is 2.58 bits per heavy atom. The van der Waals surface area contributed by atoms with Crippen molar-refractivity contribution in [1.29, 1.82) is 0 Å². The van der Waals surface area contributed by atoms with Gasteiger partial charge >= 0.3 is 5.97 Å². The number of hydrogen-bond acceptors (Lipinski definition) is 5. The lowest BCUT2D eigenvalue weighted by molar-refractivity contribution is -0.207. The monoisotopic (exact) mass is 330 g/mol. The standard InChI is InChI=1S/C18H26N4O2/c1-14(15-5-7-21-8-6-19-16(21)13-15)20-9-11-22(12-10-20)24-17(23)18(2,3)4/h5-8,13-14H,9-12H2,1-4H3. The van der Waals surface area contributed by atoms with Crippen LogP contribution in [-0.4, -0.2) is 51.5 Å². The molecule has 6 heteroatoms. The second-order valence-corrected chi connectivity index (χ2v) is 7.42. The Labute approximate surface area is 143 Å². The highest BCUT2D eigenvalue weighted by Gasteiger charge is 2.29. The number of rotatable bonds is 3. The number of hydroxylamine groups is 2. The molecule has 0 aliphatic carbocycles. The molecule has 130 valence electrons. The van der Waals surface area contributed by atoms with Crippen LogP contribution in [0, 0.1) is 5.41 Å². The molecular weight excluding hydrogens is 304 g/mol. The molecule has 1 aliphatic heterocycles. The highest BCUT2D eigenvalue weighted by atomic mass is 16.7. The van der Waals surface area contributed by atoms with Gasteiger partial charge in [0.15, 0.2) is 0 Å². The van der Waals surface area contributed by atoms with Crippen molar-refractivity contribution in [2.24, 2.45) is 5.41 Å². The summed E-state index contributed by atoms with van der Waals surface area (Å²) in [6, 6.07) is 4.59. The van der Waals surface area contributed by atoms with E-state index in [1.165, 1.54) is 5.56 Å². The smallest absolute Gasteiger partial charge is 0.330 e. The van der Waals surface area contributed by atoms with Gasteiger partial charge < -0.3 is 9.24 Å². The number of pyridine rings is 1. The van der Waals surface area contributed by atoms with E-state index in [4.69, 9.17) is 4.84 Å². The van der Waals surface area contributed by atoms with Gasteiger partial charge in [-0.05, 0) is 45.4 Å². The van der Waals surface area contributed by atoms with Gasteiger partial charge in [-0.25, -0.2) is 9.78 Å². The lowest BCUT2D eigenvalue weighted by Crippen LogP contribution is -2.48. The van der Waals surface area contributed by atoms with Crippen LogP contribution in [0.2, 0.25) is 0 Å². The number of imidazole rings is 1. The average Bonchev–Trinajstić information content (AvgIpc) is 3.01. The van der Waals surface area contributed by atoms with E-state index in [-0.39, 0.29) is 5.97 Å². The molecule has 1 aliphatic rings. The molecule has 2 aromatic heterocycles. The molecule has 0 N–H and O–H groups in total. The van der Waals surface area contributed by atoms with Gasteiger partial charge in [0.2, 0.25) is 0 Å². The van der Waals surface area contributed by atoms with Crippen LogP contribution in [0.5, 0.6) is 0 Å². The summed E-state index contributed by atoms with van der Waals surface area (Å²) in [7, 11) is 0. The van der Waals surface area contributed by atoms with Gasteiger partial charge in [0.1, 0.15) is 5.65 Å². The molecule has 0 bridgehead atoms. The van der Waals surface area contributed by atoms with Crippen molar-refractivity contribution in [3.8, 4) is 0 Å². The molecule has 3 rings (SSSR count). The zero-order valence-corrected chi connectivity index (χ0v) is 14.9. The van der Waals surface area contributed by atoms with Crippen LogP contribution in [0.3, 0.4) is 0 Å². The molecule has 0 spiro atoms. The molecule has 24 heavy (non-hydrogen) atoms. The van der Waals surface area contributed by atoms with E-state index in [0.29, 0.717) is 6.04 Å². The van der Waals surface area contributed by atoms with E-state index in [2.05, 4.69) is 35.1 Å². The predicted molar refractivity (Wildman–Crippen MR) is 92.3 cm³/mol. The topological polar surface area (TPSA) is 50.1 Å². The Hall–Kier alpha value is -1.92. The molecule has 3 heterocycles. The largest absolute Gasteiger partial charge is 0.367 e. The first-order chi connectivity index (χ1) is 11.3. The SMILES string of the molecule is CC(c1ccn2ccnc2c1)N1CCN(OC(=O)C(C)(C)C)CC1. The zero-order valence-electron chi connectivity index (χ0n) is 14.9. The first kappa shape index (κ1) is 16.9. The lowest BCUT2D eigenvalue weighted by atomic mass is 9.98. The van der Waals surface area contributed by atoms with Crippen LogP contribution in [0.4, 0.5) is 0 Å². The normalized spacial score (nSPS) is 18.7. The van der Waals surface area contributed by atoms with Crippen molar-refractivity contribution >= 4 is 11.6 Å². The highest BCUT2D eigenvalue weighted by Crippen LogP contribution is 2.23. The van der Waals surface area contributed by atoms with Crippen molar-refractivity contribution in [2.45, 2.75) is 33.7 Å². The molecule has 1 saturated heterocycles. The summed E-state index contributed by atoms with van der Waals surface area (Å²) in [5.41, 5.74) is 1.76. The minimum Gasteiger partial charge on any atom is -0.367 e. The predicted octanol–water partition coefficient (Wildman–Crippen LogP) is 2.52. The minimum atomic E-state index is -0.468. The van der Waals surface area contributed by atoms with Gasteiger partial charge in [-0.1, -0.05) is 0 Å². The van der Waals surface area contributed by atoms with Crippen molar-refractivity contribution in [3.05, 3.63) is 36.3 Å². The van der Waals surface area contributed by atoms with E-state index in [1.807, 2.05) is 37.6 Å². The summed E-state index contributed by atoms with van der Waals surface area (Å²) in [6.07, 6.45) is 5.81. The molecule has 1 fully saturated rings. The number of carbonyl (C=O) groups excluding carboxylic acids is 1. The van der Waals surface area contributed by atoms with Crippen molar-refractivity contribution < 1.29 is 9.63 Å². The van der Waals surface area contributed by atoms with E-state index in [1.54, 1.807) is 5.06 Å². The summed E-state index contributed by atoms with van der Waals surface area (Å²) in [4.78, 5) is 24.2. The molecular formula is C18H26N4O2. The fourth-order valence-electron chi connectivity index (χ4n) is 2.83. The molecule has 0 radical (unpaired) electrons. The lowest BCUT2D eigenvalue weighted by Gasteiger charge is -2.37. The van der Waals surface area contributed by atoms with E-state index >= 15 is 0 Å². The maximum atomic E-state index is 12.0. The summed E-state index contributed by atoms with van der Waals surface area (Å²) >= 11 is 0. The second-order valence-electron chi connectivity index (χ2n) is 7.42. The number of aromatic nitrogens is 2. The first-order valence-corrected chi connectivity index (χ1v) is 8.48. The number of nitrogens with zero attached hydrogens (tertiary/aromatic N) is 4. The number of hydrogen-bond donors (Lipinski definition) is 0. The Kier molecular flexibility index (Phi) is 4.60. The summed E-state index contributed by atoms with van der Waals surface area (Å²) in [5, 5.41) is 1.79.